The normalized spacial score (nSPS) is 10.8. The van der Waals surface area contributed by atoms with Gasteiger partial charge < -0.3 is 5.73 Å². The van der Waals surface area contributed by atoms with Crippen LogP contribution in [-0.2, 0) is 0 Å². The minimum Gasteiger partial charge on any atom is -0.375 e. The van der Waals surface area contributed by atoms with Crippen LogP contribution in [0.3, 0.4) is 0 Å². The van der Waals surface area contributed by atoms with Crippen molar-refractivity contribution in [3.05, 3.63) is 23.8 Å². The number of nitrogens with zero attached hydrogens (tertiary/aromatic N) is 1. The van der Waals surface area contributed by atoms with Crippen molar-refractivity contribution in [2.75, 3.05) is 5.43 Å². The second-order valence-corrected chi connectivity index (χ2v) is 5.45. The minimum atomic E-state index is 0.202. The third-order valence-electron chi connectivity index (χ3n) is 2.36. The van der Waals surface area contributed by atoms with Crippen LogP contribution < -0.4 is 16.6 Å². The number of thiazole rings is 1. The molecule has 0 radical (unpaired) electrons. The number of fused-ring (bicyclic) bond motifs is 1. The van der Waals surface area contributed by atoms with Crippen molar-refractivity contribution in [3.8, 4) is 0 Å². The number of hydrazine groups is 1. The molecule has 0 saturated heterocycles. The summed E-state index contributed by atoms with van der Waals surface area (Å²) in [5.74, 6) is 0.456. The van der Waals surface area contributed by atoms with Gasteiger partial charge in [-0.3, -0.25) is 10.9 Å². The number of para-hydroxylation sites is 1. The van der Waals surface area contributed by atoms with E-state index >= 15 is 0 Å². The van der Waals surface area contributed by atoms with Gasteiger partial charge in [0.05, 0.1) is 10.2 Å². The van der Waals surface area contributed by atoms with E-state index in [1.807, 2.05) is 0 Å². The summed E-state index contributed by atoms with van der Waals surface area (Å²) in [6.45, 7) is 4.32. The number of nitrogens with two attached hydrogens (primary N) is 1. The highest BCUT2D eigenvalue weighted by Crippen LogP contribution is 2.31. The number of anilines is 1. The Morgan fingerprint density at radius 3 is 2.88 bits per heavy atom. The highest BCUT2D eigenvalue weighted by Gasteiger charge is 2.10. The van der Waals surface area contributed by atoms with Gasteiger partial charge >= 0.3 is 0 Å². The van der Waals surface area contributed by atoms with Gasteiger partial charge in [0.2, 0.25) is 5.13 Å². The van der Waals surface area contributed by atoms with Crippen LogP contribution in [0.25, 0.3) is 10.2 Å². The van der Waals surface area contributed by atoms with Crippen LogP contribution in [0.15, 0.2) is 18.2 Å². The summed E-state index contributed by atoms with van der Waals surface area (Å²) in [4.78, 5) is 4.54. The summed E-state index contributed by atoms with van der Waals surface area (Å²) in [6.07, 6.45) is 0. The van der Waals surface area contributed by atoms with Gasteiger partial charge in [0, 0.05) is 0 Å². The molecule has 0 saturated carbocycles. The third kappa shape index (κ3) is 2.65. The molecule has 0 amide bonds. The largest absolute Gasteiger partial charge is 0.375 e. The van der Waals surface area contributed by atoms with Gasteiger partial charge in [0.15, 0.2) is 5.11 Å². The molecular weight excluding hydrogens is 252 g/mol. The maximum Gasteiger partial charge on any atom is 0.202 e. The zero-order chi connectivity index (χ0) is 12.4. The maximum absolute atomic E-state index is 5.35. The average Bonchev–Trinajstić information content (AvgIpc) is 2.68. The lowest BCUT2D eigenvalue weighted by molar-refractivity contribution is 0.873. The first-order chi connectivity index (χ1) is 8.08. The number of nitrogens with one attached hydrogen (secondary N) is 2. The molecule has 0 fully saturated rings. The Morgan fingerprint density at radius 2 is 2.24 bits per heavy atom. The predicted molar refractivity (Wildman–Crippen MR) is 77.3 cm³/mol. The zero-order valence-electron chi connectivity index (χ0n) is 9.65. The SMILES string of the molecule is CC(C)c1cccc2sc(NNC(N)=S)nc12. The van der Waals surface area contributed by atoms with Crippen LogP contribution in [-0.4, -0.2) is 10.1 Å². The van der Waals surface area contributed by atoms with E-state index in [0.29, 0.717) is 5.92 Å². The number of hydrogen-bond acceptors (Lipinski definition) is 4. The molecule has 90 valence electrons. The first-order valence-electron chi connectivity index (χ1n) is 5.29. The standard InChI is InChI=1S/C11H14N4S2/c1-6(2)7-4-3-5-8-9(7)13-11(17-8)15-14-10(12)16/h3-6H,1-2H3,(H,13,15)(H3,12,14,16). The number of rotatable bonds is 3. The van der Waals surface area contributed by atoms with Crippen molar-refractivity contribution in [2.24, 2.45) is 5.73 Å². The molecule has 1 heterocycles. The van der Waals surface area contributed by atoms with E-state index in [0.717, 1.165) is 15.3 Å². The van der Waals surface area contributed by atoms with Gasteiger partial charge in [-0.15, -0.1) is 0 Å². The lowest BCUT2D eigenvalue weighted by atomic mass is 10.0. The lowest BCUT2D eigenvalue weighted by Gasteiger charge is -2.05. The number of benzene rings is 1. The molecule has 2 rings (SSSR count). The van der Waals surface area contributed by atoms with Crippen molar-refractivity contribution < 1.29 is 0 Å². The molecule has 0 aliphatic heterocycles. The van der Waals surface area contributed by atoms with E-state index in [1.54, 1.807) is 11.3 Å². The molecule has 0 bridgehead atoms. The molecule has 0 aliphatic carbocycles. The molecule has 6 heteroatoms. The fraction of sp³-hybridized carbons (Fsp3) is 0.273. The van der Waals surface area contributed by atoms with E-state index in [4.69, 9.17) is 18.0 Å². The highest BCUT2D eigenvalue weighted by molar-refractivity contribution is 7.80. The summed E-state index contributed by atoms with van der Waals surface area (Å²) in [7, 11) is 0. The van der Waals surface area contributed by atoms with Crippen molar-refractivity contribution in [2.45, 2.75) is 19.8 Å². The summed E-state index contributed by atoms with van der Waals surface area (Å²) in [6, 6.07) is 6.23. The molecule has 0 aliphatic rings. The highest BCUT2D eigenvalue weighted by atomic mass is 32.1. The molecule has 2 aromatic rings. The smallest absolute Gasteiger partial charge is 0.202 e. The molecule has 17 heavy (non-hydrogen) atoms. The first kappa shape index (κ1) is 12.1. The fourth-order valence-corrected chi connectivity index (χ4v) is 2.51. The summed E-state index contributed by atoms with van der Waals surface area (Å²) in [5.41, 5.74) is 13.2. The molecular formula is C11H14N4S2. The van der Waals surface area contributed by atoms with Crippen molar-refractivity contribution >= 4 is 44.0 Å². The lowest BCUT2D eigenvalue weighted by Crippen LogP contribution is -2.33. The number of hydrogen-bond donors (Lipinski definition) is 3. The Bertz CT molecular complexity index is 547. The minimum absolute atomic E-state index is 0.202. The quantitative estimate of drug-likeness (QED) is 0.589. The van der Waals surface area contributed by atoms with Crippen LogP contribution in [0.4, 0.5) is 5.13 Å². The van der Waals surface area contributed by atoms with Crippen LogP contribution in [0.1, 0.15) is 25.3 Å². The molecule has 1 aromatic heterocycles. The Hall–Kier alpha value is -1.40. The van der Waals surface area contributed by atoms with Gasteiger partial charge in [-0.2, -0.15) is 0 Å². The monoisotopic (exact) mass is 266 g/mol. The van der Waals surface area contributed by atoms with Gasteiger partial charge in [-0.1, -0.05) is 37.3 Å². The topological polar surface area (TPSA) is 63.0 Å². The second kappa shape index (κ2) is 4.85. The van der Waals surface area contributed by atoms with E-state index in [-0.39, 0.29) is 5.11 Å². The van der Waals surface area contributed by atoms with Gasteiger partial charge in [0.25, 0.3) is 0 Å². The molecule has 4 N–H and O–H groups in total. The van der Waals surface area contributed by atoms with E-state index in [2.05, 4.69) is 47.9 Å². The zero-order valence-corrected chi connectivity index (χ0v) is 11.3. The van der Waals surface area contributed by atoms with Crippen LogP contribution in [0, 0.1) is 0 Å². The number of thiocarbonyl (C=S) groups is 1. The van der Waals surface area contributed by atoms with Crippen LogP contribution in [0.5, 0.6) is 0 Å². The summed E-state index contributed by atoms with van der Waals surface area (Å²) in [5, 5.41) is 0.967. The van der Waals surface area contributed by atoms with Crippen molar-refractivity contribution in [3.63, 3.8) is 0 Å². The van der Waals surface area contributed by atoms with Gasteiger partial charge in [0.1, 0.15) is 0 Å². The predicted octanol–water partition coefficient (Wildman–Crippen LogP) is 2.58. The first-order valence-corrected chi connectivity index (χ1v) is 6.51. The van der Waals surface area contributed by atoms with E-state index in [1.165, 1.54) is 5.56 Å². The van der Waals surface area contributed by atoms with Crippen molar-refractivity contribution in [1.82, 2.24) is 10.4 Å². The molecule has 0 atom stereocenters. The Morgan fingerprint density at radius 1 is 1.47 bits per heavy atom. The van der Waals surface area contributed by atoms with Gasteiger partial charge in [-0.25, -0.2) is 4.98 Å². The van der Waals surface area contributed by atoms with Gasteiger partial charge in [-0.05, 0) is 29.8 Å². The third-order valence-corrected chi connectivity index (χ3v) is 3.40. The van der Waals surface area contributed by atoms with E-state index < -0.39 is 0 Å². The number of aromatic nitrogens is 1. The van der Waals surface area contributed by atoms with E-state index in [9.17, 15) is 0 Å². The Kier molecular flexibility index (Phi) is 3.44. The molecule has 1 aromatic carbocycles. The fourth-order valence-electron chi connectivity index (χ4n) is 1.60. The Labute approximate surface area is 109 Å². The van der Waals surface area contributed by atoms with Crippen molar-refractivity contribution in [1.29, 1.82) is 0 Å². The maximum atomic E-state index is 5.35. The van der Waals surface area contributed by atoms with Crippen LogP contribution in [0.2, 0.25) is 0 Å². The second-order valence-electron chi connectivity index (χ2n) is 3.98. The van der Waals surface area contributed by atoms with Crippen LogP contribution >= 0.6 is 23.6 Å². The Balaban J connectivity index is 2.36. The molecule has 4 nitrogen and oxygen atoms in total. The summed E-state index contributed by atoms with van der Waals surface area (Å²) < 4.78 is 1.16. The molecule has 0 unspecified atom stereocenters. The average molecular weight is 266 g/mol. The summed E-state index contributed by atoms with van der Waals surface area (Å²) >= 11 is 6.29. The molecule has 0 spiro atoms.